The number of rotatable bonds is 55. The molecule has 7 aromatic carbocycles. The van der Waals surface area contributed by atoms with Gasteiger partial charge in [0.15, 0.2) is 0 Å². The van der Waals surface area contributed by atoms with Crippen molar-refractivity contribution in [2.24, 2.45) is 0 Å². The van der Waals surface area contributed by atoms with Crippen molar-refractivity contribution in [3.05, 3.63) is 209 Å². The van der Waals surface area contributed by atoms with Gasteiger partial charge in [-0.05, 0) is 111 Å². The number of nitrogens with one attached hydrogen (secondary N) is 7. The second kappa shape index (κ2) is 54.0. The summed E-state index contributed by atoms with van der Waals surface area (Å²) in [5.41, 5.74) is 9.01. The van der Waals surface area contributed by atoms with E-state index in [1.165, 1.54) is 55.6 Å². The van der Waals surface area contributed by atoms with E-state index in [2.05, 4.69) is 61.5 Å². The normalized spacial score (nSPS) is 19.5. The highest BCUT2D eigenvalue weighted by molar-refractivity contribution is 7.99. The molecule has 1 aliphatic carbocycles. The van der Waals surface area contributed by atoms with Crippen LogP contribution in [0.1, 0.15) is 98.0 Å². The summed E-state index contributed by atoms with van der Waals surface area (Å²) in [5.74, 6) is -8.45. The number of benzene rings is 7. The number of hydrogen-bond donors (Lipinski definition) is 13. The summed E-state index contributed by atoms with van der Waals surface area (Å²) in [6.07, 6.45) is -14.8. The fourth-order valence-corrected chi connectivity index (χ4v) is 16.6. The van der Waals surface area contributed by atoms with Gasteiger partial charge in [-0.2, -0.15) is 23.5 Å². The molecule has 12 atom stereocenters. The largest absolute Gasteiger partial charge is 0.490 e. The first-order valence-electron chi connectivity index (χ1n) is 43.7. The van der Waals surface area contributed by atoms with Gasteiger partial charge in [0.1, 0.15) is 43.4 Å². The number of alkyl carbamates (subject to hydrolysis) is 1. The van der Waals surface area contributed by atoms with Crippen LogP contribution in [0.3, 0.4) is 0 Å². The molecule has 2 heterocycles. The molecule has 0 bridgehead atoms. The molecule has 35 nitrogen and oxygen atoms in total. The maximum absolute atomic E-state index is 13.9. The molecule has 2 aliphatic heterocycles. The molecule has 7 aromatic rings. The number of carbonyl (C=O) groups is 9. The predicted octanol–water partition coefficient (Wildman–Crippen LogP) is 5.11. The molecule has 13 N–H and O–H groups in total. The summed E-state index contributed by atoms with van der Waals surface area (Å²) in [7, 11) is 2.14. The lowest BCUT2D eigenvalue weighted by Gasteiger charge is -2.47. The summed E-state index contributed by atoms with van der Waals surface area (Å²) in [6, 6.07) is 50.5. The Labute approximate surface area is 774 Å². The van der Waals surface area contributed by atoms with Crippen molar-refractivity contribution < 1.29 is 135 Å². The molecule has 132 heavy (non-hydrogen) atoms. The Morgan fingerprint density at radius 2 is 0.811 bits per heavy atom. The number of methoxy groups -OCH3 is 2. The van der Waals surface area contributed by atoms with Crippen LogP contribution in [-0.2, 0) is 76.0 Å². The molecule has 7 amide bonds. The van der Waals surface area contributed by atoms with Crippen LogP contribution in [0.4, 0.5) is 4.79 Å². The van der Waals surface area contributed by atoms with E-state index in [-0.39, 0.29) is 113 Å². The van der Waals surface area contributed by atoms with Gasteiger partial charge < -0.3 is 129 Å². The van der Waals surface area contributed by atoms with Crippen LogP contribution in [0.2, 0.25) is 0 Å². The molecular formula is C95H119N7O28S2. The summed E-state index contributed by atoms with van der Waals surface area (Å²) in [4.78, 5) is 119. The van der Waals surface area contributed by atoms with Crippen molar-refractivity contribution in [3.63, 3.8) is 0 Å². The van der Waals surface area contributed by atoms with E-state index >= 15 is 0 Å². The molecule has 0 saturated carbocycles. The second-order valence-corrected chi connectivity index (χ2v) is 33.5. The average molecular weight is 1870 g/mol. The van der Waals surface area contributed by atoms with Crippen LogP contribution in [0.25, 0.3) is 33.4 Å². The van der Waals surface area contributed by atoms with Crippen molar-refractivity contribution in [3.8, 4) is 39.1 Å². The standard InChI is InChI=1S/C95H119N7O28S2/c1-61(103)101-81-76(105)56-94(91(115)118-3,129-85(81)83(109)78(107)58-99-87(111)67-29-25-65(26-30-67)63-17-7-5-8-18-63)127-38-15-51-131-53-36-96-89(113)69-33-34-74(80(55-69)125-50-49-124-48-47-123-46-45-122-44-43-121-42-41-120-40-35-98-93(117)126-60-75-72-23-13-11-21-70(72)71-22-12-14-24-73(71)75)90(114)97-37-54-132-52-16-39-128-95(92(116)119-4)57-77(106)82(102-62(2)104)86(130-95)84(110)79(108)59-100-88(112)68-31-27-66(28-32-68)64-19-9-6-10-20-64/h5-14,17-34,55,75-79,81-86,105-110H,15-16,35-54,56-60H2,1-4H3,(H,96,113)(H,97,114)(H,98,117)(H,99,111)(H,100,112)(H,101,103)(H,102,104)/t76?,77?,78-,79-,81?,82?,83-,84-,85?,86?,94?,95?/m1/s1. The third kappa shape index (κ3) is 30.8. The van der Waals surface area contributed by atoms with Crippen LogP contribution in [-0.4, -0.2) is 319 Å². The zero-order chi connectivity index (χ0) is 94.2. The van der Waals surface area contributed by atoms with Crippen molar-refractivity contribution >= 4 is 77.0 Å². The van der Waals surface area contributed by atoms with Gasteiger partial charge in [0.25, 0.3) is 35.2 Å². The topological polar surface area (TPSA) is 479 Å². The lowest BCUT2D eigenvalue weighted by Crippen LogP contribution is -2.68. The number of aliphatic hydroxyl groups excluding tert-OH is 6. The van der Waals surface area contributed by atoms with Gasteiger partial charge in [-0.25, -0.2) is 14.4 Å². The second-order valence-electron chi connectivity index (χ2n) is 31.1. The number of amides is 7. The molecule has 10 rings (SSSR count). The fraction of sp³-hybridized carbons (Fsp3) is 0.463. The molecule has 0 radical (unpaired) electrons. The highest BCUT2D eigenvalue weighted by atomic mass is 32.2. The lowest BCUT2D eigenvalue weighted by atomic mass is 9.88. The summed E-state index contributed by atoms with van der Waals surface area (Å²) in [5, 5.41) is 87.3. The first kappa shape index (κ1) is 104. The molecule has 714 valence electrons. The molecule has 2 fully saturated rings. The zero-order valence-electron chi connectivity index (χ0n) is 74.2. The van der Waals surface area contributed by atoms with Crippen molar-refractivity contribution in [2.45, 2.75) is 118 Å². The molecule has 3 aliphatic rings. The lowest BCUT2D eigenvalue weighted by molar-refractivity contribution is -0.311. The van der Waals surface area contributed by atoms with E-state index in [1.807, 2.05) is 84.9 Å². The number of thioether (sulfide) groups is 2. The van der Waals surface area contributed by atoms with Crippen LogP contribution >= 0.6 is 23.5 Å². The van der Waals surface area contributed by atoms with E-state index in [1.54, 1.807) is 48.5 Å². The van der Waals surface area contributed by atoms with E-state index in [4.69, 9.17) is 61.6 Å². The van der Waals surface area contributed by atoms with Crippen LogP contribution in [0.15, 0.2) is 176 Å². The minimum Gasteiger partial charge on any atom is -0.490 e. The molecule has 2 saturated heterocycles. The Morgan fingerprint density at radius 3 is 1.24 bits per heavy atom. The fourth-order valence-electron chi connectivity index (χ4n) is 15.1. The van der Waals surface area contributed by atoms with E-state index in [9.17, 15) is 73.8 Å². The maximum atomic E-state index is 13.9. The van der Waals surface area contributed by atoms with Gasteiger partial charge in [0.2, 0.25) is 11.8 Å². The van der Waals surface area contributed by atoms with Crippen LogP contribution in [0, 0.1) is 0 Å². The quantitative estimate of drug-likeness (QED) is 0.0134. The Kier molecular flexibility index (Phi) is 42.4. The predicted molar refractivity (Wildman–Crippen MR) is 488 cm³/mol. The highest BCUT2D eigenvalue weighted by Gasteiger charge is 2.58. The average Bonchev–Trinajstić information content (AvgIpc) is 1.12. The molecule has 0 spiro atoms. The van der Waals surface area contributed by atoms with Gasteiger partial charge in [-0.15, -0.1) is 0 Å². The minimum atomic E-state index is -2.32. The van der Waals surface area contributed by atoms with E-state index in [0.717, 1.165) is 58.7 Å². The SMILES string of the molecule is COC(=O)C1(OCCCSCCNC(=O)c2ccc(C(=O)NCCSCCCOC3(C(=O)OC)CC(O)C(NC(C)=O)C([C@H](O)[C@H](O)CNC(=O)c4ccc(-c5ccccc5)cc4)O3)c(OCCOCCOCCOCCOCCOCCNC(=O)OCC3c4ccccc4-c4ccccc43)c2)CC(O)C(NC(C)=O)C([C@H](O)[C@H](O)CNC(=O)c2ccc(-c3ccccc3)cc2)O1. The Morgan fingerprint density at radius 1 is 0.424 bits per heavy atom. The smallest absolute Gasteiger partial charge is 0.407 e. The highest BCUT2D eigenvalue weighted by Crippen LogP contribution is 2.45. The number of fused-ring (bicyclic) bond motifs is 3. The number of ether oxygens (including phenoxy) is 13. The number of carbonyl (C=O) groups excluding carboxylic acids is 9. The van der Waals surface area contributed by atoms with Crippen LogP contribution < -0.4 is 42.0 Å². The first-order chi connectivity index (χ1) is 63.9. The molecule has 0 aromatic heterocycles. The van der Waals surface area contributed by atoms with Gasteiger partial charge >= 0.3 is 18.0 Å². The third-order valence-corrected chi connectivity index (χ3v) is 23.9. The Bertz CT molecular complexity index is 4780. The van der Waals surface area contributed by atoms with Gasteiger partial charge in [-0.1, -0.05) is 133 Å². The zero-order valence-corrected chi connectivity index (χ0v) is 75.8. The first-order valence-corrected chi connectivity index (χ1v) is 46.0. The van der Waals surface area contributed by atoms with E-state index < -0.39 is 152 Å². The minimum absolute atomic E-state index is 0.0352. The van der Waals surface area contributed by atoms with Gasteiger partial charge in [-0.3, -0.25) is 28.8 Å². The number of hydrogen-bond acceptors (Lipinski definition) is 30. The summed E-state index contributed by atoms with van der Waals surface area (Å²) < 4.78 is 74.4. The van der Waals surface area contributed by atoms with Crippen LogP contribution in [0.5, 0.6) is 5.75 Å². The Balaban J connectivity index is 0.650. The maximum Gasteiger partial charge on any atom is 0.407 e. The third-order valence-electron chi connectivity index (χ3n) is 21.7. The Hall–Kier alpha value is -10.5. The van der Waals surface area contributed by atoms with Gasteiger partial charge in [0.05, 0.1) is 136 Å². The molecule has 8 unspecified atom stereocenters. The van der Waals surface area contributed by atoms with Crippen molar-refractivity contribution in [2.75, 3.05) is 162 Å². The number of aliphatic hydroxyl groups is 6. The van der Waals surface area contributed by atoms with E-state index in [0.29, 0.717) is 68.9 Å². The van der Waals surface area contributed by atoms with Gasteiger partial charge in [0, 0.05) is 93.5 Å². The summed E-state index contributed by atoms with van der Waals surface area (Å²) >= 11 is 2.84. The summed E-state index contributed by atoms with van der Waals surface area (Å²) in [6.45, 7) is 4.49. The molecule has 37 heteroatoms. The van der Waals surface area contributed by atoms with Crippen molar-refractivity contribution in [1.82, 2.24) is 37.2 Å². The number of esters is 2. The molecular weight excluding hydrogens is 1750 g/mol. The van der Waals surface area contributed by atoms with Crippen molar-refractivity contribution in [1.29, 1.82) is 0 Å². The monoisotopic (exact) mass is 1870 g/mol.